The number of aliphatic hydroxyl groups is 1. The second kappa shape index (κ2) is 7.40. The average Bonchev–Trinajstić information content (AvgIpc) is 2.90. The molecule has 0 bridgehead atoms. The molecule has 2 unspecified atom stereocenters. The van der Waals surface area contributed by atoms with E-state index in [0.717, 1.165) is 25.1 Å². The van der Waals surface area contributed by atoms with Crippen LogP contribution in [0.3, 0.4) is 0 Å². The highest BCUT2D eigenvalue weighted by Gasteiger charge is 2.26. The highest BCUT2D eigenvalue weighted by atomic mass is 79.9. The zero-order chi connectivity index (χ0) is 15.4. The van der Waals surface area contributed by atoms with Crippen molar-refractivity contribution < 1.29 is 5.11 Å². The van der Waals surface area contributed by atoms with Gasteiger partial charge in [-0.05, 0) is 46.5 Å². The third-order valence-electron chi connectivity index (χ3n) is 4.13. The van der Waals surface area contributed by atoms with Gasteiger partial charge >= 0.3 is 0 Å². The molecule has 0 saturated heterocycles. The van der Waals surface area contributed by atoms with Crippen LogP contribution in [0.5, 0.6) is 0 Å². The first-order valence-corrected chi connectivity index (χ1v) is 8.42. The monoisotopic (exact) mass is 357 g/mol. The Morgan fingerprint density at radius 1 is 1.48 bits per heavy atom. The molecular formula is C15H24BrN3O2. The van der Waals surface area contributed by atoms with Crippen molar-refractivity contribution in [3.8, 4) is 0 Å². The normalized spacial score (nSPS) is 22.0. The molecule has 2 N–H and O–H groups in total. The Bertz CT molecular complexity index is 530. The van der Waals surface area contributed by atoms with Crippen LogP contribution < -0.4 is 10.9 Å². The zero-order valence-electron chi connectivity index (χ0n) is 12.7. The van der Waals surface area contributed by atoms with E-state index in [9.17, 15) is 9.90 Å². The van der Waals surface area contributed by atoms with Crippen LogP contribution in [0.1, 0.15) is 33.1 Å². The van der Waals surface area contributed by atoms with Crippen molar-refractivity contribution in [3.63, 3.8) is 0 Å². The minimum Gasteiger partial charge on any atom is -0.396 e. The van der Waals surface area contributed by atoms with E-state index in [4.69, 9.17) is 0 Å². The maximum atomic E-state index is 12.2. The smallest absolute Gasteiger partial charge is 0.283 e. The Hall–Kier alpha value is -0.880. The van der Waals surface area contributed by atoms with E-state index in [2.05, 4.69) is 40.2 Å². The number of halogens is 1. The van der Waals surface area contributed by atoms with Crippen LogP contribution >= 0.6 is 15.9 Å². The van der Waals surface area contributed by atoms with Crippen molar-refractivity contribution in [3.05, 3.63) is 21.0 Å². The van der Waals surface area contributed by atoms with Crippen molar-refractivity contribution in [1.82, 2.24) is 9.78 Å². The lowest BCUT2D eigenvalue weighted by molar-refractivity contribution is 0.199. The van der Waals surface area contributed by atoms with Crippen LogP contribution in [0.4, 0.5) is 5.69 Å². The minimum atomic E-state index is -0.0983. The van der Waals surface area contributed by atoms with Gasteiger partial charge in [-0.15, -0.1) is 0 Å². The van der Waals surface area contributed by atoms with E-state index in [1.165, 1.54) is 11.1 Å². The first-order valence-electron chi connectivity index (χ1n) is 7.63. The van der Waals surface area contributed by atoms with E-state index >= 15 is 0 Å². The van der Waals surface area contributed by atoms with Crippen molar-refractivity contribution in [1.29, 1.82) is 0 Å². The highest BCUT2D eigenvalue weighted by Crippen LogP contribution is 2.31. The van der Waals surface area contributed by atoms with Crippen LogP contribution in [0.2, 0.25) is 0 Å². The number of rotatable bonds is 6. The average molecular weight is 358 g/mol. The van der Waals surface area contributed by atoms with Crippen LogP contribution in [-0.2, 0) is 6.54 Å². The van der Waals surface area contributed by atoms with Gasteiger partial charge in [0.25, 0.3) is 5.56 Å². The molecule has 0 amide bonds. The summed E-state index contributed by atoms with van der Waals surface area (Å²) in [6, 6.07) is 0. The Balaban J connectivity index is 2.04. The maximum absolute atomic E-state index is 12.2. The summed E-state index contributed by atoms with van der Waals surface area (Å²) in [6.45, 7) is 5.76. The van der Waals surface area contributed by atoms with Crippen molar-refractivity contribution in [2.24, 2.45) is 17.8 Å². The molecular weight excluding hydrogens is 334 g/mol. The van der Waals surface area contributed by atoms with E-state index in [-0.39, 0.29) is 12.2 Å². The van der Waals surface area contributed by atoms with Crippen molar-refractivity contribution in [2.75, 3.05) is 18.5 Å². The first kappa shape index (κ1) is 16.5. The Labute approximate surface area is 133 Å². The second-order valence-electron chi connectivity index (χ2n) is 6.27. The molecule has 1 aliphatic carbocycles. The lowest BCUT2D eigenvalue weighted by atomic mass is 9.97. The van der Waals surface area contributed by atoms with E-state index < -0.39 is 0 Å². The predicted octanol–water partition coefficient (Wildman–Crippen LogP) is 2.48. The highest BCUT2D eigenvalue weighted by molar-refractivity contribution is 9.10. The van der Waals surface area contributed by atoms with Gasteiger partial charge in [0.1, 0.15) is 4.47 Å². The summed E-state index contributed by atoms with van der Waals surface area (Å²) in [4.78, 5) is 12.2. The molecule has 0 aromatic carbocycles. The molecule has 1 aromatic rings. The van der Waals surface area contributed by atoms with Gasteiger partial charge in [0.2, 0.25) is 0 Å². The fourth-order valence-electron chi connectivity index (χ4n) is 2.93. The largest absolute Gasteiger partial charge is 0.396 e. The van der Waals surface area contributed by atoms with Crippen LogP contribution in [-0.4, -0.2) is 28.0 Å². The molecule has 6 heteroatoms. The third kappa shape index (κ3) is 4.07. The SMILES string of the molecule is CC(C)Cn1ncc(NCC2CCCC2CO)c(Br)c1=O. The van der Waals surface area contributed by atoms with Crippen LogP contribution in [0, 0.1) is 17.8 Å². The Morgan fingerprint density at radius 3 is 2.86 bits per heavy atom. The van der Waals surface area contributed by atoms with Crippen LogP contribution in [0.15, 0.2) is 15.5 Å². The molecule has 0 spiro atoms. The van der Waals surface area contributed by atoms with Gasteiger partial charge in [0.05, 0.1) is 11.9 Å². The van der Waals surface area contributed by atoms with Gasteiger partial charge in [-0.25, -0.2) is 4.68 Å². The number of nitrogens with zero attached hydrogens (tertiary/aromatic N) is 2. The number of hydrogen-bond acceptors (Lipinski definition) is 4. The summed E-state index contributed by atoms with van der Waals surface area (Å²) >= 11 is 3.38. The molecule has 0 aliphatic heterocycles. The van der Waals surface area contributed by atoms with Crippen molar-refractivity contribution in [2.45, 2.75) is 39.7 Å². The summed E-state index contributed by atoms with van der Waals surface area (Å²) in [6.07, 6.45) is 5.11. The fourth-order valence-corrected chi connectivity index (χ4v) is 3.38. The molecule has 1 aromatic heterocycles. The molecule has 1 saturated carbocycles. The van der Waals surface area contributed by atoms with E-state index in [1.807, 2.05) is 0 Å². The van der Waals surface area contributed by atoms with Crippen LogP contribution in [0.25, 0.3) is 0 Å². The molecule has 1 heterocycles. The Morgan fingerprint density at radius 2 is 2.19 bits per heavy atom. The minimum absolute atomic E-state index is 0.0983. The zero-order valence-corrected chi connectivity index (χ0v) is 14.3. The van der Waals surface area contributed by atoms with E-state index in [1.54, 1.807) is 6.20 Å². The van der Waals surface area contributed by atoms with Gasteiger partial charge in [-0.2, -0.15) is 5.10 Å². The summed E-state index contributed by atoms with van der Waals surface area (Å²) < 4.78 is 2.03. The lowest BCUT2D eigenvalue weighted by Gasteiger charge is -2.19. The van der Waals surface area contributed by atoms with Gasteiger partial charge < -0.3 is 10.4 Å². The number of nitrogens with one attached hydrogen (secondary N) is 1. The fraction of sp³-hybridized carbons (Fsp3) is 0.733. The number of hydrogen-bond donors (Lipinski definition) is 2. The third-order valence-corrected chi connectivity index (χ3v) is 4.90. The number of aliphatic hydroxyl groups excluding tert-OH is 1. The summed E-state index contributed by atoms with van der Waals surface area (Å²) in [7, 11) is 0. The lowest BCUT2D eigenvalue weighted by Crippen LogP contribution is -2.27. The molecule has 2 rings (SSSR count). The summed E-state index contributed by atoms with van der Waals surface area (Å²) in [5, 5.41) is 16.9. The van der Waals surface area contributed by atoms with Gasteiger partial charge in [-0.3, -0.25) is 4.79 Å². The maximum Gasteiger partial charge on any atom is 0.283 e. The second-order valence-corrected chi connectivity index (χ2v) is 7.06. The molecule has 21 heavy (non-hydrogen) atoms. The van der Waals surface area contributed by atoms with Gasteiger partial charge in [-0.1, -0.05) is 20.3 Å². The summed E-state index contributed by atoms with van der Waals surface area (Å²) in [5.41, 5.74) is 0.641. The van der Waals surface area contributed by atoms with Crippen molar-refractivity contribution >= 4 is 21.6 Å². The van der Waals surface area contributed by atoms with Gasteiger partial charge in [0, 0.05) is 19.7 Å². The molecule has 118 valence electrons. The standard InChI is InChI=1S/C15H24BrN3O2/c1-10(2)8-19-15(21)14(16)13(7-18-19)17-6-11-4-3-5-12(11)9-20/h7,10-12,17,20H,3-6,8-9H2,1-2H3. The topological polar surface area (TPSA) is 67.2 Å². The number of aromatic nitrogens is 2. The molecule has 5 nitrogen and oxygen atoms in total. The number of anilines is 1. The molecule has 0 radical (unpaired) electrons. The molecule has 1 fully saturated rings. The Kier molecular flexibility index (Phi) is 5.81. The molecule has 2 atom stereocenters. The van der Waals surface area contributed by atoms with E-state index in [0.29, 0.717) is 28.8 Å². The quantitative estimate of drug-likeness (QED) is 0.820. The predicted molar refractivity (Wildman–Crippen MR) is 87.4 cm³/mol. The molecule has 1 aliphatic rings. The first-order chi connectivity index (χ1) is 10.0. The van der Waals surface area contributed by atoms with Gasteiger partial charge in [0.15, 0.2) is 0 Å². The summed E-state index contributed by atoms with van der Waals surface area (Å²) in [5.74, 6) is 1.23.